The van der Waals surface area contributed by atoms with E-state index in [1.165, 1.54) is 0 Å². The first-order valence-electron chi connectivity index (χ1n) is 8.01. The summed E-state index contributed by atoms with van der Waals surface area (Å²) < 4.78 is 9.79. The van der Waals surface area contributed by atoms with Crippen LogP contribution < -0.4 is 0 Å². The Balaban J connectivity index is 1.80. The van der Waals surface area contributed by atoms with Gasteiger partial charge in [-0.15, -0.1) is 5.10 Å². The van der Waals surface area contributed by atoms with Crippen LogP contribution in [0.3, 0.4) is 0 Å². The summed E-state index contributed by atoms with van der Waals surface area (Å²) in [5.74, 6) is 0.863. The van der Waals surface area contributed by atoms with Crippen LogP contribution in [0.2, 0.25) is 0 Å². The monoisotopic (exact) mass is 347 g/mol. The normalized spacial score (nSPS) is 18.2. The van der Waals surface area contributed by atoms with E-state index in [1.807, 2.05) is 38.7 Å². The van der Waals surface area contributed by atoms with Crippen molar-refractivity contribution in [2.75, 3.05) is 19.7 Å². The third-order valence-electron chi connectivity index (χ3n) is 3.92. The topological polar surface area (TPSA) is 81.1 Å². The smallest absolute Gasteiger partial charge is 0.267 e. The van der Waals surface area contributed by atoms with Gasteiger partial charge in [-0.05, 0) is 37.4 Å². The summed E-state index contributed by atoms with van der Waals surface area (Å²) in [5, 5.41) is 4.10. The molecular formula is C16H21N5O2S. The lowest BCUT2D eigenvalue weighted by Gasteiger charge is -2.32. The van der Waals surface area contributed by atoms with Gasteiger partial charge in [-0.3, -0.25) is 4.79 Å². The molecule has 1 fully saturated rings. The van der Waals surface area contributed by atoms with E-state index in [2.05, 4.69) is 19.6 Å². The van der Waals surface area contributed by atoms with Gasteiger partial charge in [0.05, 0.1) is 24.5 Å². The molecule has 2 aromatic rings. The highest BCUT2D eigenvalue weighted by Gasteiger charge is 2.30. The van der Waals surface area contributed by atoms with E-state index in [-0.39, 0.29) is 17.9 Å². The van der Waals surface area contributed by atoms with Crippen LogP contribution in [-0.2, 0) is 4.74 Å². The maximum absolute atomic E-state index is 12.9. The lowest BCUT2D eigenvalue weighted by atomic mass is 10.1. The van der Waals surface area contributed by atoms with Crippen LogP contribution in [0, 0.1) is 13.8 Å². The third kappa shape index (κ3) is 3.44. The third-order valence-corrected chi connectivity index (χ3v) is 4.65. The maximum Gasteiger partial charge on any atom is 0.267 e. The molecule has 0 unspecified atom stereocenters. The molecule has 1 saturated heterocycles. The number of morpholine rings is 1. The quantitative estimate of drug-likeness (QED) is 0.847. The highest BCUT2D eigenvalue weighted by molar-refractivity contribution is 7.08. The largest absolute Gasteiger partial charge is 0.368 e. The minimum atomic E-state index is -0.230. The fourth-order valence-corrected chi connectivity index (χ4v) is 3.58. The predicted molar refractivity (Wildman–Crippen MR) is 90.1 cm³/mol. The SMILES string of the molecule is Cc1cc([C@H]2CN(C(=O)c3snnc3C(C)C)CCO2)nc(C)n1. The fourth-order valence-electron chi connectivity index (χ4n) is 2.79. The summed E-state index contributed by atoms with van der Waals surface area (Å²) in [6.45, 7) is 9.35. The predicted octanol–water partition coefficient (Wildman–Crippen LogP) is 2.28. The van der Waals surface area contributed by atoms with Gasteiger partial charge in [0.1, 0.15) is 16.8 Å². The second kappa shape index (κ2) is 6.90. The number of nitrogens with zero attached hydrogens (tertiary/aromatic N) is 5. The Morgan fingerprint density at radius 3 is 2.88 bits per heavy atom. The van der Waals surface area contributed by atoms with Crippen molar-refractivity contribution >= 4 is 17.4 Å². The number of amides is 1. The molecule has 0 bridgehead atoms. The summed E-state index contributed by atoms with van der Waals surface area (Å²) in [6, 6.07) is 1.92. The number of aromatic nitrogens is 4. The zero-order valence-electron chi connectivity index (χ0n) is 14.3. The summed E-state index contributed by atoms with van der Waals surface area (Å²) in [6.07, 6.45) is -0.230. The average Bonchev–Trinajstić information content (AvgIpc) is 3.03. The highest BCUT2D eigenvalue weighted by Crippen LogP contribution is 2.26. The van der Waals surface area contributed by atoms with E-state index in [9.17, 15) is 4.79 Å². The molecule has 24 heavy (non-hydrogen) atoms. The zero-order valence-corrected chi connectivity index (χ0v) is 15.1. The van der Waals surface area contributed by atoms with Crippen LogP contribution in [0.5, 0.6) is 0 Å². The molecular weight excluding hydrogens is 326 g/mol. The summed E-state index contributed by atoms with van der Waals surface area (Å²) >= 11 is 1.16. The van der Waals surface area contributed by atoms with E-state index in [4.69, 9.17) is 4.74 Å². The number of hydrogen-bond donors (Lipinski definition) is 0. The van der Waals surface area contributed by atoms with Crippen LogP contribution in [-0.4, -0.2) is 50.1 Å². The molecule has 3 rings (SSSR count). The number of carbonyl (C=O) groups excluding carboxylic acids is 1. The van der Waals surface area contributed by atoms with Gasteiger partial charge in [-0.25, -0.2) is 9.97 Å². The Kier molecular flexibility index (Phi) is 4.86. The van der Waals surface area contributed by atoms with Gasteiger partial charge in [0.25, 0.3) is 5.91 Å². The van der Waals surface area contributed by atoms with E-state index >= 15 is 0 Å². The summed E-state index contributed by atoms with van der Waals surface area (Å²) in [7, 11) is 0. The molecule has 0 N–H and O–H groups in total. The fraction of sp³-hybridized carbons (Fsp3) is 0.562. The van der Waals surface area contributed by atoms with E-state index < -0.39 is 0 Å². The van der Waals surface area contributed by atoms with E-state index in [0.29, 0.717) is 30.4 Å². The summed E-state index contributed by atoms with van der Waals surface area (Å²) in [4.78, 5) is 24.1. The first kappa shape index (κ1) is 16.9. The van der Waals surface area contributed by atoms with Gasteiger partial charge in [0, 0.05) is 12.2 Å². The maximum atomic E-state index is 12.9. The van der Waals surface area contributed by atoms with Gasteiger partial charge in [0.15, 0.2) is 0 Å². The minimum Gasteiger partial charge on any atom is -0.368 e. The highest BCUT2D eigenvalue weighted by atomic mass is 32.1. The van der Waals surface area contributed by atoms with Gasteiger partial charge in [-0.1, -0.05) is 18.3 Å². The lowest BCUT2D eigenvalue weighted by Crippen LogP contribution is -2.42. The Hall–Kier alpha value is -1.93. The first-order valence-corrected chi connectivity index (χ1v) is 8.78. The second-order valence-corrected chi connectivity index (χ2v) is 6.99. The van der Waals surface area contributed by atoms with E-state index in [1.54, 1.807) is 0 Å². The molecule has 0 aromatic carbocycles. The van der Waals surface area contributed by atoms with Crippen molar-refractivity contribution in [2.45, 2.75) is 39.7 Å². The molecule has 128 valence electrons. The van der Waals surface area contributed by atoms with Crippen molar-refractivity contribution in [1.29, 1.82) is 0 Å². The molecule has 1 amide bonds. The Bertz CT molecular complexity index is 726. The van der Waals surface area contributed by atoms with E-state index in [0.717, 1.165) is 28.6 Å². The molecule has 0 radical (unpaired) electrons. The average molecular weight is 347 g/mol. The van der Waals surface area contributed by atoms with Gasteiger partial charge in [-0.2, -0.15) is 0 Å². The molecule has 1 atom stereocenters. The molecule has 0 spiro atoms. The molecule has 1 aliphatic heterocycles. The molecule has 1 aliphatic rings. The standard InChI is InChI=1S/C16H21N5O2S/c1-9(2)14-15(24-20-19-14)16(22)21-5-6-23-13(8-21)12-7-10(3)17-11(4)18-12/h7,9,13H,5-6,8H2,1-4H3/t13-/m1/s1. The zero-order chi connectivity index (χ0) is 17.3. The van der Waals surface area contributed by atoms with Crippen molar-refractivity contribution in [3.05, 3.63) is 33.8 Å². The Morgan fingerprint density at radius 2 is 2.17 bits per heavy atom. The Morgan fingerprint density at radius 1 is 1.38 bits per heavy atom. The van der Waals surface area contributed by atoms with Crippen LogP contribution in [0.25, 0.3) is 0 Å². The molecule has 2 aromatic heterocycles. The molecule has 3 heterocycles. The molecule has 8 heteroatoms. The minimum absolute atomic E-state index is 0.0236. The number of aryl methyl sites for hydroxylation is 2. The molecule has 0 saturated carbocycles. The van der Waals surface area contributed by atoms with Crippen LogP contribution >= 0.6 is 11.5 Å². The van der Waals surface area contributed by atoms with Crippen LogP contribution in [0.1, 0.15) is 58.4 Å². The number of ether oxygens (including phenoxy) is 1. The van der Waals surface area contributed by atoms with Gasteiger partial charge < -0.3 is 9.64 Å². The van der Waals surface area contributed by atoms with Crippen molar-refractivity contribution in [3.63, 3.8) is 0 Å². The first-order chi connectivity index (χ1) is 11.5. The number of carbonyl (C=O) groups is 1. The molecule has 0 aliphatic carbocycles. The van der Waals surface area contributed by atoms with Crippen LogP contribution in [0.4, 0.5) is 0 Å². The van der Waals surface area contributed by atoms with Crippen molar-refractivity contribution in [2.24, 2.45) is 0 Å². The van der Waals surface area contributed by atoms with Crippen molar-refractivity contribution in [1.82, 2.24) is 24.5 Å². The lowest BCUT2D eigenvalue weighted by molar-refractivity contribution is -0.0247. The molecule has 7 nitrogen and oxygen atoms in total. The van der Waals surface area contributed by atoms with Crippen molar-refractivity contribution < 1.29 is 9.53 Å². The van der Waals surface area contributed by atoms with Gasteiger partial charge in [0.2, 0.25) is 0 Å². The number of hydrogen-bond acceptors (Lipinski definition) is 7. The van der Waals surface area contributed by atoms with Crippen molar-refractivity contribution in [3.8, 4) is 0 Å². The van der Waals surface area contributed by atoms with Crippen LogP contribution in [0.15, 0.2) is 6.07 Å². The van der Waals surface area contributed by atoms with Gasteiger partial charge >= 0.3 is 0 Å². The summed E-state index contributed by atoms with van der Waals surface area (Å²) in [5.41, 5.74) is 2.49. The Labute approximate surface area is 145 Å². The number of rotatable bonds is 3. The second-order valence-electron chi connectivity index (χ2n) is 6.23.